The molecule has 3 aromatic rings. The minimum Gasteiger partial charge on any atom is -0.355 e. The second kappa shape index (κ2) is 7.63. The highest BCUT2D eigenvalue weighted by atomic mass is 79.9. The number of aromatic nitrogens is 1. The van der Waals surface area contributed by atoms with E-state index in [1.807, 2.05) is 31.2 Å². The van der Waals surface area contributed by atoms with E-state index >= 15 is 0 Å². The van der Waals surface area contributed by atoms with Crippen LogP contribution in [0.3, 0.4) is 0 Å². The van der Waals surface area contributed by atoms with E-state index in [1.54, 1.807) is 0 Å². The molecule has 0 aliphatic rings. The van der Waals surface area contributed by atoms with Crippen molar-refractivity contribution in [3.05, 3.63) is 82.0 Å². The Morgan fingerprint density at radius 1 is 1.08 bits per heavy atom. The summed E-state index contributed by atoms with van der Waals surface area (Å²) in [5, 5.41) is 4.13. The lowest BCUT2D eigenvalue weighted by Gasteiger charge is -2.08. The number of rotatable bonds is 5. The number of aryl methyl sites for hydroxylation is 1. The standard InChI is InChI=1S/C21H20BrNO/c1-15(17-8-4-3-5-9-17)7-6-10-20-16(2)23-24-21(20)18-11-13-19(22)14-12-18/h3-6,8-15H,7H2,1-2H3/b10-6+. The van der Waals surface area contributed by atoms with Crippen LogP contribution in [0.5, 0.6) is 0 Å². The highest BCUT2D eigenvalue weighted by Gasteiger charge is 2.12. The van der Waals surface area contributed by atoms with E-state index < -0.39 is 0 Å². The second-order valence-corrected chi connectivity index (χ2v) is 6.88. The van der Waals surface area contributed by atoms with Crippen LogP contribution in [-0.4, -0.2) is 5.16 Å². The lowest BCUT2D eigenvalue weighted by molar-refractivity contribution is 0.427. The first-order valence-corrected chi connectivity index (χ1v) is 8.88. The average molecular weight is 382 g/mol. The molecular weight excluding hydrogens is 362 g/mol. The first-order chi connectivity index (χ1) is 11.6. The number of allylic oxidation sites excluding steroid dienone is 1. The third-order valence-corrected chi connectivity index (χ3v) is 4.69. The van der Waals surface area contributed by atoms with Gasteiger partial charge in [-0.2, -0.15) is 0 Å². The number of nitrogens with zero attached hydrogens (tertiary/aromatic N) is 1. The van der Waals surface area contributed by atoms with Crippen LogP contribution in [0.15, 0.2) is 69.7 Å². The summed E-state index contributed by atoms with van der Waals surface area (Å²) in [6.45, 7) is 4.22. The van der Waals surface area contributed by atoms with Gasteiger partial charge in [0.2, 0.25) is 0 Å². The van der Waals surface area contributed by atoms with Gasteiger partial charge in [-0.1, -0.05) is 70.5 Å². The van der Waals surface area contributed by atoms with Gasteiger partial charge in [0.15, 0.2) is 5.76 Å². The summed E-state index contributed by atoms with van der Waals surface area (Å²) in [7, 11) is 0. The van der Waals surface area contributed by atoms with E-state index in [9.17, 15) is 0 Å². The molecule has 122 valence electrons. The van der Waals surface area contributed by atoms with E-state index in [0.29, 0.717) is 5.92 Å². The Hall–Kier alpha value is -2.13. The molecule has 2 aromatic carbocycles. The minimum atomic E-state index is 0.485. The third-order valence-electron chi connectivity index (χ3n) is 4.16. The van der Waals surface area contributed by atoms with Crippen LogP contribution in [-0.2, 0) is 0 Å². The summed E-state index contributed by atoms with van der Waals surface area (Å²) >= 11 is 3.46. The van der Waals surface area contributed by atoms with Crippen LogP contribution in [0.25, 0.3) is 17.4 Å². The maximum Gasteiger partial charge on any atom is 0.174 e. The quantitative estimate of drug-likeness (QED) is 0.496. The van der Waals surface area contributed by atoms with E-state index in [4.69, 9.17) is 4.52 Å². The summed E-state index contributed by atoms with van der Waals surface area (Å²) in [5.41, 5.74) is 4.36. The molecule has 2 nitrogen and oxygen atoms in total. The molecular formula is C21H20BrNO. The molecule has 3 rings (SSSR count). The van der Waals surface area contributed by atoms with E-state index in [0.717, 1.165) is 33.5 Å². The predicted octanol–water partition coefficient (Wildman–Crippen LogP) is 6.62. The Kier molecular flexibility index (Phi) is 5.31. The maximum absolute atomic E-state index is 5.55. The third kappa shape index (κ3) is 3.85. The van der Waals surface area contributed by atoms with Crippen LogP contribution >= 0.6 is 15.9 Å². The van der Waals surface area contributed by atoms with Crippen LogP contribution in [0.2, 0.25) is 0 Å². The first-order valence-electron chi connectivity index (χ1n) is 8.09. The van der Waals surface area contributed by atoms with Gasteiger partial charge in [-0.15, -0.1) is 0 Å². The molecule has 0 saturated carbocycles. The summed E-state index contributed by atoms with van der Waals surface area (Å²) in [4.78, 5) is 0. The molecule has 0 spiro atoms. The molecule has 0 radical (unpaired) electrons. The lowest BCUT2D eigenvalue weighted by Crippen LogP contribution is -1.90. The molecule has 1 unspecified atom stereocenters. The average Bonchev–Trinajstić information content (AvgIpc) is 2.97. The molecule has 0 aliphatic carbocycles. The summed E-state index contributed by atoms with van der Waals surface area (Å²) < 4.78 is 6.60. The van der Waals surface area contributed by atoms with Crippen molar-refractivity contribution in [1.82, 2.24) is 5.16 Å². The zero-order valence-electron chi connectivity index (χ0n) is 13.9. The lowest BCUT2D eigenvalue weighted by atomic mass is 9.97. The minimum absolute atomic E-state index is 0.485. The van der Waals surface area contributed by atoms with E-state index in [2.05, 4.69) is 70.5 Å². The SMILES string of the molecule is Cc1noc(-c2ccc(Br)cc2)c1/C=C/CC(C)c1ccccc1. The van der Waals surface area contributed by atoms with Gasteiger partial charge in [-0.25, -0.2) is 0 Å². The molecule has 1 aromatic heterocycles. The van der Waals surface area contributed by atoms with Crippen LogP contribution in [0, 0.1) is 6.92 Å². The van der Waals surface area contributed by atoms with Gasteiger partial charge in [0.05, 0.1) is 5.69 Å². The molecule has 0 N–H and O–H groups in total. The largest absolute Gasteiger partial charge is 0.355 e. The molecule has 0 aliphatic heterocycles. The smallest absolute Gasteiger partial charge is 0.174 e. The van der Waals surface area contributed by atoms with Crippen molar-refractivity contribution in [2.75, 3.05) is 0 Å². The van der Waals surface area contributed by atoms with Crippen molar-refractivity contribution >= 4 is 22.0 Å². The van der Waals surface area contributed by atoms with Crippen molar-refractivity contribution in [3.8, 4) is 11.3 Å². The van der Waals surface area contributed by atoms with Gasteiger partial charge < -0.3 is 4.52 Å². The van der Waals surface area contributed by atoms with Gasteiger partial charge in [0.1, 0.15) is 0 Å². The Balaban J connectivity index is 1.78. The molecule has 0 saturated heterocycles. The zero-order chi connectivity index (χ0) is 16.9. The number of hydrogen-bond acceptors (Lipinski definition) is 2. The van der Waals surface area contributed by atoms with Gasteiger partial charge in [-0.05, 0) is 49.1 Å². The van der Waals surface area contributed by atoms with Gasteiger partial charge in [0.25, 0.3) is 0 Å². The second-order valence-electron chi connectivity index (χ2n) is 5.97. The topological polar surface area (TPSA) is 26.0 Å². The molecule has 0 fully saturated rings. The predicted molar refractivity (Wildman–Crippen MR) is 103 cm³/mol. The van der Waals surface area contributed by atoms with Crippen LogP contribution in [0.1, 0.15) is 36.1 Å². The van der Waals surface area contributed by atoms with E-state index in [1.165, 1.54) is 5.56 Å². The fraction of sp³-hybridized carbons (Fsp3) is 0.190. The van der Waals surface area contributed by atoms with Crippen molar-refractivity contribution in [2.24, 2.45) is 0 Å². The summed E-state index contributed by atoms with van der Waals surface area (Å²) in [6.07, 6.45) is 5.32. The van der Waals surface area contributed by atoms with Gasteiger partial charge in [-0.3, -0.25) is 0 Å². The summed E-state index contributed by atoms with van der Waals surface area (Å²) in [5.74, 6) is 1.31. The Morgan fingerprint density at radius 3 is 2.50 bits per heavy atom. The molecule has 24 heavy (non-hydrogen) atoms. The summed E-state index contributed by atoms with van der Waals surface area (Å²) in [6, 6.07) is 18.7. The number of hydrogen-bond donors (Lipinski definition) is 0. The zero-order valence-corrected chi connectivity index (χ0v) is 15.5. The van der Waals surface area contributed by atoms with Gasteiger partial charge in [0, 0.05) is 15.6 Å². The molecule has 1 atom stereocenters. The highest BCUT2D eigenvalue weighted by molar-refractivity contribution is 9.10. The molecule has 3 heteroatoms. The molecule has 0 amide bonds. The fourth-order valence-electron chi connectivity index (χ4n) is 2.69. The monoisotopic (exact) mass is 381 g/mol. The van der Waals surface area contributed by atoms with Gasteiger partial charge >= 0.3 is 0 Å². The van der Waals surface area contributed by atoms with E-state index in [-0.39, 0.29) is 0 Å². The number of halogens is 1. The van der Waals surface area contributed by atoms with Crippen molar-refractivity contribution in [1.29, 1.82) is 0 Å². The fourth-order valence-corrected chi connectivity index (χ4v) is 2.95. The van der Waals surface area contributed by atoms with Crippen LogP contribution in [0.4, 0.5) is 0 Å². The Morgan fingerprint density at radius 2 is 1.79 bits per heavy atom. The highest BCUT2D eigenvalue weighted by Crippen LogP contribution is 2.29. The van der Waals surface area contributed by atoms with Crippen LogP contribution < -0.4 is 0 Å². The molecule has 0 bridgehead atoms. The Labute approximate surface area is 151 Å². The molecule has 1 heterocycles. The first kappa shape index (κ1) is 16.7. The Bertz CT molecular complexity index is 819. The van der Waals surface area contributed by atoms with Crippen molar-refractivity contribution in [3.63, 3.8) is 0 Å². The normalized spacial score (nSPS) is 12.6. The van der Waals surface area contributed by atoms with Crippen molar-refractivity contribution < 1.29 is 4.52 Å². The maximum atomic E-state index is 5.55. The number of benzene rings is 2. The van der Waals surface area contributed by atoms with Crippen molar-refractivity contribution in [2.45, 2.75) is 26.2 Å².